The molecule has 1 amide bonds. The van der Waals surface area contributed by atoms with Crippen LogP contribution in [0.3, 0.4) is 0 Å². The van der Waals surface area contributed by atoms with Gasteiger partial charge < -0.3 is 0 Å². The van der Waals surface area contributed by atoms with Crippen molar-refractivity contribution in [3.8, 4) is 0 Å². The molecule has 1 unspecified atom stereocenters. The fraction of sp³-hybridized carbons (Fsp3) is 0.200. The Balaban J connectivity index is 2.42. The van der Waals surface area contributed by atoms with Crippen LogP contribution in [0.1, 0.15) is 0 Å². The van der Waals surface area contributed by atoms with Crippen molar-refractivity contribution in [2.75, 3.05) is 0 Å². The summed E-state index contributed by atoms with van der Waals surface area (Å²) in [7, 11) is 0. The summed E-state index contributed by atoms with van der Waals surface area (Å²) in [5.41, 5.74) is 0. The zero-order chi connectivity index (χ0) is 7.84. The summed E-state index contributed by atoms with van der Waals surface area (Å²) in [5.74, 6) is -0.406. The average Bonchev–Trinajstić information content (AvgIpc) is 2.34. The highest BCUT2D eigenvalue weighted by atomic mass is 19.1. The van der Waals surface area contributed by atoms with Crippen molar-refractivity contribution >= 4 is 24.2 Å². The van der Waals surface area contributed by atoms with Crippen molar-refractivity contribution in [1.82, 2.24) is 5.32 Å². The maximum atomic E-state index is 12.4. The normalized spacial score (nSPS) is 27.4. The average molecular weight is 154 g/mol. The molecule has 11 heavy (non-hydrogen) atoms. The second-order valence-corrected chi connectivity index (χ2v) is 2.05. The SMILES string of the molecule is O=C1NC(F)=NC2=NC=NC12. The molecule has 1 N–H and O–H groups in total. The lowest BCUT2D eigenvalue weighted by atomic mass is 10.2. The molecule has 56 valence electrons. The van der Waals surface area contributed by atoms with Gasteiger partial charge in [-0.05, 0) is 0 Å². The van der Waals surface area contributed by atoms with Gasteiger partial charge in [0, 0.05) is 0 Å². The Morgan fingerprint density at radius 2 is 2.45 bits per heavy atom. The van der Waals surface area contributed by atoms with Gasteiger partial charge in [-0.25, -0.2) is 4.99 Å². The molecule has 5 nitrogen and oxygen atoms in total. The number of fused-ring (bicyclic) bond motifs is 1. The van der Waals surface area contributed by atoms with Crippen molar-refractivity contribution in [1.29, 1.82) is 0 Å². The second-order valence-electron chi connectivity index (χ2n) is 2.05. The Hall–Kier alpha value is -1.59. The van der Waals surface area contributed by atoms with E-state index in [0.717, 1.165) is 0 Å². The number of carbonyl (C=O) groups excluding carboxylic acids is 1. The number of hydrogen-bond donors (Lipinski definition) is 1. The predicted octanol–water partition coefficient (Wildman–Crippen LogP) is -0.749. The minimum atomic E-state index is -0.921. The van der Waals surface area contributed by atoms with Crippen molar-refractivity contribution in [2.24, 2.45) is 15.0 Å². The van der Waals surface area contributed by atoms with Crippen LogP contribution in [-0.4, -0.2) is 30.2 Å². The van der Waals surface area contributed by atoms with Crippen LogP contribution >= 0.6 is 0 Å². The number of amidine groups is 2. The number of aliphatic imine (C=N–C) groups is 3. The van der Waals surface area contributed by atoms with Gasteiger partial charge in [0.2, 0.25) is 0 Å². The van der Waals surface area contributed by atoms with E-state index in [1.165, 1.54) is 6.34 Å². The first-order valence-corrected chi connectivity index (χ1v) is 2.92. The number of carbonyl (C=O) groups is 1. The summed E-state index contributed by atoms with van der Waals surface area (Å²) in [6, 6.07) is -0.741. The molecule has 6 heteroatoms. The van der Waals surface area contributed by atoms with Crippen LogP contribution in [-0.2, 0) is 4.79 Å². The summed E-state index contributed by atoms with van der Waals surface area (Å²) in [4.78, 5) is 21.5. The molecule has 1 atom stereocenters. The van der Waals surface area contributed by atoms with Crippen molar-refractivity contribution in [3.63, 3.8) is 0 Å². The van der Waals surface area contributed by atoms with E-state index < -0.39 is 18.0 Å². The minimum Gasteiger partial charge on any atom is -0.284 e. The molecule has 2 aliphatic rings. The van der Waals surface area contributed by atoms with Gasteiger partial charge in [-0.15, -0.1) is 0 Å². The quantitative estimate of drug-likeness (QED) is 0.458. The summed E-state index contributed by atoms with van der Waals surface area (Å²) in [6.07, 6.45) is 0.275. The van der Waals surface area contributed by atoms with Crippen molar-refractivity contribution in [2.45, 2.75) is 6.04 Å². The third-order valence-corrected chi connectivity index (χ3v) is 1.34. The lowest BCUT2D eigenvalue weighted by Crippen LogP contribution is -2.43. The number of nitrogens with zero attached hydrogens (tertiary/aromatic N) is 3. The van der Waals surface area contributed by atoms with Gasteiger partial charge in [0.15, 0.2) is 11.9 Å². The van der Waals surface area contributed by atoms with E-state index in [9.17, 15) is 9.18 Å². The van der Waals surface area contributed by atoms with Gasteiger partial charge in [0.25, 0.3) is 12.0 Å². The summed E-state index contributed by atoms with van der Waals surface area (Å²) in [5, 5.41) is 1.90. The lowest BCUT2D eigenvalue weighted by molar-refractivity contribution is -0.119. The highest BCUT2D eigenvalue weighted by molar-refractivity contribution is 6.21. The van der Waals surface area contributed by atoms with Crippen LogP contribution in [0.2, 0.25) is 0 Å². The maximum Gasteiger partial charge on any atom is 0.290 e. The van der Waals surface area contributed by atoms with E-state index in [1.54, 1.807) is 0 Å². The van der Waals surface area contributed by atoms with E-state index in [1.807, 2.05) is 5.32 Å². The molecule has 0 radical (unpaired) electrons. The fourth-order valence-electron chi connectivity index (χ4n) is 0.870. The maximum absolute atomic E-state index is 12.4. The molecule has 0 aromatic heterocycles. The second kappa shape index (κ2) is 1.94. The summed E-state index contributed by atoms with van der Waals surface area (Å²) >= 11 is 0. The number of amides is 1. The van der Waals surface area contributed by atoms with Gasteiger partial charge in [-0.1, -0.05) is 0 Å². The van der Waals surface area contributed by atoms with Crippen LogP contribution in [0, 0.1) is 0 Å². The zero-order valence-corrected chi connectivity index (χ0v) is 5.28. The first kappa shape index (κ1) is 6.14. The highest BCUT2D eigenvalue weighted by Gasteiger charge is 2.31. The van der Waals surface area contributed by atoms with E-state index in [4.69, 9.17) is 0 Å². The Morgan fingerprint density at radius 1 is 1.64 bits per heavy atom. The van der Waals surface area contributed by atoms with Crippen LogP contribution in [0.4, 0.5) is 4.39 Å². The standard InChI is InChI=1S/C5H3FN4O/c6-5-9-3-2(4(11)10-5)7-1-8-3/h1-2H,(H,7,8,9,10,11). The summed E-state index contributed by atoms with van der Waals surface area (Å²) in [6.45, 7) is 0. The molecule has 0 aliphatic carbocycles. The van der Waals surface area contributed by atoms with Gasteiger partial charge in [0.1, 0.15) is 6.34 Å². The Morgan fingerprint density at radius 3 is 3.27 bits per heavy atom. The van der Waals surface area contributed by atoms with Crippen LogP contribution in [0.25, 0.3) is 0 Å². The van der Waals surface area contributed by atoms with Crippen LogP contribution in [0.5, 0.6) is 0 Å². The predicted molar refractivity (Wildman–Crippen MR) is 36.4 cm³/mol. The third kappa shape index (κ3) is 0.830. The molecule has 0 aromatic carbocycles. The zero-order valence-electron chi connectivity index (χ0n) is 5.28. The number of halogens is 1. The monoisotopic (exact) mass is 154 g/mol. The molecule has 0 aromatic rings. The smallest absolute Gasteiger partial charge is 0.284 e. The molecule has 2 aliphatic heterocycles. The Kier molecular flexibility index (Phi) is 1.09. The van der Waals surface area contributed by atoms with Gasteiger partial charge in [0.05, 0.1) is 0 Å². The van der Waals surface area contributed by atoms with Crippen LogP contribution in [0.15, 0.2) is 15.0 Å². The van der Waals surface area contributed by atoms with Crippen LogP contribution < -0.4 is 5.32 Å². The molecular weight excluding hydrogens is 151 g/mol. The van der Waals surface area contributed by atoms with Gasteiger partial charge in [-0.3, -0.25) is 15.1 Å². The fourth-order valence-corrected chi connectivity index (χ4v) is 0.870. The van der Waals surface area contributed by atoms with E-state index >= 15 is 0 Å². The van der Waals surface area contributed by atoms with E-state index in [2.05, 4.69) is 15.0 Å². The molecular formula is C5H3FN4O. The molecule has 0 saturated carbocycles. The molecule has 2 rings (SSSR count). The highest BCUT2D eigenvalue weighted by Crippen LogP contribution is 2.07. The Bertz CT molecular complexity index is 306. The van der Waals surface area contributed by atoms with Crippen molar-refractivity contribution < 1.29 is 9.18 Å². The minimum absolute atomic E-state index is 0.117. The van der Waals surface area contributed by atoms with Gasteiger partial charge >= 0.3 is 0 Å². The first-order chi connectivity index (χ1) is 5.27. The Labute approximate surface area is 60.8 Å². The van der Waals surface area contributed by atoms with Crippen molar-refractivity contribution in [3.05, 3.63) is 0 Å². The number of hydrogen-bond acceptors (Lipinski definition) is 4. The molecule has 0 saturated heterocycles. The third-order valence-electron chi connectivity index (χ3n) is 1.34. The first-order valence-electron chi connectivity index (χ1n) is 2.92. The number of rotatable bonds is 0. The van der Waals surface area contributed by atoms with E-state index in [0.29, 0.717) is 0 Å². The largest absolute Gasteiger partial charge is 0.290 e. The lowest BCUT2D eigenvalue weighted by Gasteiger charge is -2.11. The molecule has 0 fully saturated rings. The molecule has 0 bridgehead atoms. The van der Waals surface area contributed by atoms with Gasteiger partial charge in [-0.2, -0.15) is 9.38 Å². The van der Waals surface area contributed by atoms with E-state index in [-0.39, 0.29) is 5.84 Å². The molecule has 2 heterocycles. The topological polar surface area (TPSA) is 66.2 Å². The summed E-state index contributed by atoms with van der Waals surface area (Å²) < 4.78 is 12.4. The molecule has 0 spiro atoms. The number of nitrogens with one attached hydrogen (secondary N) is 1.